The smallest absolute Gasteiger partial charge is 0.312 e. The Balaban J connectivity index is 2.50. The molecular formula is C28H35NO4S. The van der Waals surface area contributed by atoms with Crippen LogP contribution in [0.2, 0.25) is 0 Å². The molecule has 1 atom stereocenters. The number of hydrogen-bond acceptors (Lipinski definition) is 4. The molecule has 0 aliphatic rings. The first-order chi connectivity index (χ1) is 15.8. The van der Waals surface area contributed by atoms with Crippen molar-refractivity contribution in [3.8, 4) is 11.8 Å². The second-order valence-corrected chi connectivity index (χ2v) is 11.8. The van der Waals surface area contributed by atoms with Crippen molar-refractivity contribution in [2.45, 2.75) is 52.5 Å². The number of hydrogen-bond donors (Lipinski definition) is 0. The standard InChI is InChI=1S/C28H35NO4S/c1-8-28(6,7)25(23-14-10-9-11-15-23)29(20-12-13-21-33-26(30)27(3,4)5)34(31,32)24-18-16-22(2)17-19-24/h8-11,14-19,25H,1,20-21H2,2-7H3. The molecule has 0 aliphatic heterocycles. The summed E-state index contributed by atoms with van der Waals surface area (Å²) in [6, 6.07) is 15.7. The average molecular weight is 482 g/mol. The van der Waals surface area contributed by atoms with Crippen molar-refractivity contribution >= 4 is 16.0 Å². The number of sulfonamides is 1. The maximum absolute atomic E-state index is 13.9. The Bertz CT molecular complexity index is 1150. The molecule has 2 aromatic rings. The predicted octanol–water partition coefficient (Wildman–Crippen LogP) is 5.53. The predicted molar refractivity (Wildman–Crippen MR) is 136 cm³/mol. The summed E-state index contributed by atoms with van der Waals surface area (Å²) in [5, 5.41) is 0. The minimum atomic E-state index is -3.91. The SMILES string of the molecule is C=CC(C)(C)C(c1ccccc1)N(CC#CCOC(=O)C(C)(C)C)S(=O)(=O)c1ccc(C)cc1. The quantitative estimate of drug-likeness (QED) is 0.282. The highest BCUT2D eigenvalue weighted by molar-refractivity contribution is 7.89. The summed E-state index contributed by atoms with van der Waals surface area (Å²) in [7, 11) is -3.91. The first kappa shape index (κ1) is 27.4. The van der Waals surface area contributed by atoms with E-state index in [1.165, 1.54) is 4.31 Å². The normalized spacial score (nSPS) is 13.0. The molecule has 0 amide bonds. The van der Waals surface area contributed by atoms with Gasteiger partial charge in [-0.3, -0.25) is 4.79 Å². The van der Waals surface area contributed by atoms with Gasteiger partial charge in [-0.05, 0) is 45.4 Å². The van der Waals surface area contributed by atoms with Crippen LogP contribution in [0.1, 0.15) is 51.8 Å². The number of esters is 1. The fourth-order valence-corrected chi connectivity index (χ4v) is 5.03. The molecule has 0 saturated heterocycles. The topological polar surface area (TPSA) is 63.7 Å². The highest BCUT2D eigenvalue weighted by Gasteiger charge is 2.40. The third-order valence-corrected chi connectivity index (χ3v) is 7.33. The van der Waals surface area contributed by atoms with Gasteiger partial charge in [0, 0.05) is 5.41 Å². The van der Waals surface area contributed by atoms with E-state index < -0.39 is 26.9 Å². The Kier molecular flexibility index (Phi) is 8.88. The zero-order chi connectivity index (χ0) is 25.6. The molecule has 182 valence electrons. The van der Waals surface area contributed by atoms with Gasteiger partial charge in [0.2, 0.25) is 10.0 Å². The Morgan fingerprint density at radius 3 is 2.15 bits per heavy atom. The fourth-order valence-electron chi connectivity index (χ4n) is 3.38. The van der Waals surface area contributed by atoms with Gasteiger partial charge in [0.05, 0.1) is 22.9 Å². The second kappa shape index (κ2) is 11.0. The van der Waals surface area contributed by atoms with Crippen LogP contribution in [0.15, 0.2) is 72.1 Å². The molecule has 0 bridgehead atoms. The summed E-state index contributed by atoms with van der Waals surface area (Å²) in [5.41, 5.74) is 0.579. The van der Waals surface area contributed by atoms with Crippen molar-refractivity contribution in [3.63, 3.8) is 0 Å². The largest absolute Gasteiger partial charge is 0.452 e. The fraction of sp³-hybridized carbons (Fsp3) is 0.393. The zero-order valence-corrected chi connectivity index (χ0v) is 21.8. The monoisotopic (exact) mass is 481 g/mol. The molecule has 2 aromatic carbocycles. The van der Waals surface area contributed by atoms with E-state index in [0.29, 0.717) is 0 Å². The van der Waals surface area contributed by atoms with Gasteiger partial charge < -0.3 is 4.74 Å². The van der Waals surface area contributed by atoms with Crippen LogP contribution in [0, 0.1) is 29.6 Å². The number of nitrogens with zero attached hydrogens (tertiary/aromatic N) is 1. The second-order valence-electron chi connectivity index (χ2n) is 9.88. The van der Waals surface area contributed by atoms with Crippen LogP contribution in [-0.4, -0.2) is 31.8 Å². The van der Waals surface area contributed by atoms with E-state index in [4.69, 9.17) is 4.74 Å². The van der Waals surface area contributed by atoms with Crippen molar-refractivity contribution in [1.29, 1.82) is 0 Å². The summed E-state index contributed by atoms with van der Waals surface area (Å²) in [6.45, 7) is 14.9. The molecule has 0 N–H and O–H groups in total. The molecule has 0 heterocycles. The summed E-state index contributed by atoms with van der Waals surface area (Å²) in [5.74, 6) is 5.35. The van der Waals surface area contributed by atoms with Crippen molar-refractivity contribution < 1.29 is 17.9 Å². The Morgan fingerprint density at radius 2 is 1.62 bits per heavy atom. The molecule has 6 heteroatoms. The number of carbonyl (C=O) groups is 1. The minimum absolute atomic E-state index is 0.0693. The lowest BCUT2D eigenvalue weighted by molar-refractivity contribution is -0.151. The number of aryl methyl sites for hydroxylation is 1. The van der Waals surface area contributed by atoms with E-state index in [9.17, 15) is 13.2 Å². The number of benzene rings is 2. The van der Waals surface area contributed by atoms with Gasteiger partial charge in [0.1, 0.15) is 0 Å². The van der Waals surface area contributed by atoms with E-state index in [-0.39, 0.29) is 24.0 Å². The van der Waals surface area contributed by atoms with E-state index in [0.717, 1.165) is 11.1 Å². The molecule has 0 aliphatic carbocycles. The Morgan fingerprint density at radius 1 is 1.03 bits per heavy atom. The highest BCUT2D eigenvalue weighted by atomic mass is 32.2. The molecule has 2 rings (SSSR count). The molecule has 0 radical (unpaired) electrons. The molecule has 0 saturated carbocycles. The van der Waals surface area contributed by atoms with Gasteiger partial charge in [0.15, 0.2) is 6.61 Å². The highest BCUT2D eigenvalue weighted by Crippen LogP contribution is 2.41. The molecule has 5 nitrogen and oxygen atoms in total. The summed E-state index contributed by atoms with van der Waals surface area (Å²) < 4.78 is 34.3. The first-order valence-electron chi connectivity index (χ1n) is 11.2. The van der Waals surface area contributed by atoms with Gasteiger partial charge in [-0.1, -0.05) is 79.8 Å². The van der Waals surface area contributed by atoms with Crippen LogP contribution in [0.25, 0.3) is 0 Å². The van der Waals surface area contributed by atoms with Crippen molar-refractivity contribution in [2.75, 3.05) is 13.2 Å². The minimum Gasteiger partial charge on any atom is -0.452 e. The first-order valence-corrected chi connectivity index (χ1v) is 12.6. The van der Waals surface area contributed by atoms with Crippen LogP contribution < -0.4 is 0 Å². The van der Waals surface area contributed by atoms with Crippen LogP contribution in [0.3, 0.4) is 0 Å². The van der Waals surface area contributed by atoms with Crippen LogP contribution in [0.4, 0.5) is 0 Å². The van der Waals surface area contributed by atoms with Crippen molar-refractivity contribution in [1.82, 2.24) is 4.31 Å². The lowest BCUT2D eigenvalue weighted by Crippen LogP contribution is -2.41. The van der Waals surface area contributed by atoms with Gasteiger partial charge in [-0.2, -0.15) is 4.31 Å². The summed E-state index contributed by atoms with van der Waals surface area (Å²) >= 11 is 0. The van der Waals surface area contributed by atoms with Crippen molar-refractivity contribution in [3.05, 3.63) is 78.4 Å². The lowest BCUT2D eigenvalue weighted by atomic mass is 9.80. The summed E-state index contributed by atoms with van der Waals surface area (Å²) in [6.07, 6.45) is 1.76. The maximum Gasteiger partial charge on any atom is 0.312 e. The molecular weight excluding hydrogens is 446 g/mol. The van der Waals surface area contributed by atoms with E-state index in [2.05, 4.69) is 18.4 Å². The average Bonchev–Trinajstić information content (AvgIpc) is 2.78. The van der Waals surface area contributed by atoms with Gasteiger partial charge in [-0.25, -0.2) is 8.42 Å². The third kappa shape index (κ3) is 6.82. The van der Waals surface area contributed by atoms with Crippen LogP contribution >= 0.6 is 0 Å². The Labute approximate surface area is 204 Å². The number of carbonyl (C=O) groups excluding carboxylic acids is 1. The van der Waals surface area contributed by atoms with E-state index in [1.807, 2.05) is 51.1 Å². The maximum atomic E-state index is 13.9. The third-order valence-electron chi connectivity index (χ3n) is 5.51. The van der Waals surface area contributed by atoms with Gasteiger partial charge >= 0.3 is 5.97 Å². The van der Waals surface area contributed by atoms with Gasteiger partial charge in [0.25, 0.3) is 0 Å². The number of ether oxygens (including phenoxy) is 1. The van der Waals surface area contributed by atoms with Crippen molar-refractivity contribution in [2.24, 2.45) is 10.8 Å². The number of rotatable bonds is 8. The van der Waals surface area contributed by atoms with Crippen LogP contribution in [0.5, 0.6) is 0 Å². The van der Waals surface area contributed by atoms with Crippen LogP contribution in [-0.2, 0) is 19.6 Å². The molecule has 34 heavy (non-hydrogen) atoms. The summed E-state index contributed by atoms with van der Waals surface area (Å²) in [4.78, 5) is 12.2. The molecule has 0 spiro atoms. The zero-order valence-electron chi connectivity index (χ0n) is 21.0. The molecule has 1 unspecified atom stereocenters. The van der Waals surface area contributed by atoms with Gasteiger partial charge in [-0.15, -0.1) is 6.58 Å². The molecule has 0 fully saturated rings. The molecule has 0 aromatic heterocycles. The lowest BCUT2D eigenvalue weighted by Gasteiger charge is -2.39. The Hall–Kier alpha value is -2.88. The van der Waals surface area contributed by atoms with E-state index in [1.54, 1.807) is 51.1 Å². The van der Waals surface area contributed by atoms with E-state index >= 15 is 0 Å².